The summed E-state index contributed by atoms with van der Waals surface area (Å²) in [7, 11) is 0. The zero-order chi connectivity index (χ0) is 22.2. The van der Waals surface area contributed by atoms with Crippen LogP contribution in [0.4, 0.5) is 9.18 Å². The number of nitrogens with zero attached hydrogens (tertiary/aromatic N) is 2. The standard InChI is InChI=1S/C24H25FN2O4S/c25-17-7-5-16(6-8-17)22-18-4-2-1-3-15(18)9-10-27(22)23(28)20-13-19-21(14-31-20)32-12-11-26(19)24(29)30/h1-8,19-22H,9-14H2,(H,29,30)/t19-,20+,21-,22-/m0/s1. The molecule has 2 aromatic rings. The molecular weight excluding hydrogens is 431 g/mol. The van der Waals surface area contributed by atoms with E-state index in [1.807, 2.05) is 23.1 Å². The summed E-state index contributed by atoms with van der Waals surface area (Å²) in [6.07, 6.45) is -0.540. The van der Waals surface area contributed by atoms with E-state index in [0.717, 1.165) is 23.3 Å². The first-order valence-electron chi connectivity index (χ1n) is 10.9. The van der Waals surface area contributed by atoms with Crippen molar-refractivity contribution < 1.29 is 23.8 Å². The van der Waals surface area contributed by atoms with Gasteiger partial charge in [0.1, 0.15) is 11.9 Å². The lowest BCUT2D eigenvalue weighted by Gasteiger charge is -2.46. The molecule has 0 unspecified atom stereocenters. The summed E-state index contributed by atoms with van der Waals surface area (Å²) < 4.78 is 19.6. The predicted octanol–water partition coefficient (Wildman–Crippen LogP) is 3.55. The molecule has 6 nitrogen and oxygen atoms in total. The first-order valence-corrected chi connectivity index (χ1v) is 11.9. The van der Waals surface area contributed by atoms with Crippen LogP contribution in [-0.2, 0) is 16.0 Å². The third kappa shape index (κ3) is 3.86. The molecule has 3 aliphatic rings. The number of carbonyl (C=O) groups excluding carboxylic acids is 1. The number of fused-ring (bicyclic) bond motifs is 2. The van der Waals surface area contributed by atoms with E-state index in [1.54, 1.807) is 23.9 Å². The van der Waals surface area contributed by atoms with E-state index in [2.05, 4.69) is 6.07 Å². The maximum absolute atomic E-state index is 13.7. The molecule has 0 bridgehead atoms. The monoisotopic (exact) mass is 456 g/mol. The Morgan fingerprint density at radius 3 is 2.62 bits per heavy atom. The van der Waals surface area contributed by atoms with Crippen LogP contribution in [-0.4, -0.2) is 69.8 Å². The largest absolute Gasteiger partial charge is 0.465 e. The fourth-order valence-electron chi connectivity index (χ4n) is 5.12. The van der Waals surface area contributed by atoms with Crippen LogP contribution in [0.25, 0.3) is 0 Å². The van der Waals surface area contributed by atoms with Crippen molar-refractivity contribution in [3.05, 3.63) is 71.0 Å². The number of halogens is 1. The van der Waals surface area contributed by atoms with Crippen molar-refractivity contribution in [1.29, 1.82) is 0 Å². The number of ether oxygens (including phenoxy) is 1. The molecule has 2 saturated heterocycles. The zero-order valence-electron chi connectivity index (χ0n) is 17.5. The van der Waals surface area contributed by atoms with Crippen molar-refractivity contribution in [2.45, 2.75) is 36.3 Å². The van der Waals surface area contributed by atoms with Crippen molar-refractivity contribution in [2.24, 2.45) is 0 Å². The highest BCUT2D eigenvalue weighted by Crippen LogP contribution is 2.38. The first-order chi connectivity index (χ1) is 15.5. The average Bonchev–Trinajstić information content (AvgIpc) is 2.82. The van der Waals surface area contributed by atoms with Crippen molar-refractivity contribution in [3.8, 4) is 0 Å². The SMILES string of the molecule is O=C([C@H]1C[C@H]2[C@H](CO1)SCCN2C(=O)O)N1CCc2ccccc2[C@@H]1c1ccc(F)cc1. The molecule has 3 aliphatic heterocycles. The molecule has 2 fully saturated rings. The lowest BCUT2D eigenvalue weighted by molar-refractivity contribution is -0.150. The van der Waals surface area contributed by atoms with Crippen LogP contribution < -0.4 is 0 Å². The molecule has 0 aliphatic carbocycles. The van der Waals surface area contributed by atoms with Gasteiger partial charge in [-0.05, 0) is 35.2 Å². The van der Waals surface area contributed by atoms with Crippen molar-refractivity contribution in [3.63, 3.8) is 0 Å². The summed E-state index contributed by atoms with van der Waals surface area (Å²) in [5.74, 6) is 0.291. The lowest BCUT2D eigenvalue weighted by Crippen LogP contribution is -2.58. The number of hydrogen-bond acceptors (Lipinski definition) is 4. The second-order valence-electron chi connectivity index (χ2n) is 8.44. The molecule has 3 heterocycles. The van der Waals surface area contributed by atoms with E-state index in [9.17, 15) is 19.1 Å². The van der Waals surface area contributed by atoms with E-state index in [0.29, 0.717) is 26.1 Å². The molecule has 4 atom stereocenters. The van der Waals surface area contributed by atoms with Gasteiger partial charge in [-0.3, -0.25) is 4.79 Å². The Balaban J connectivity index is 1.44. The Morgan fingerprint density at radius 1 is 1.06 bits per heavy atom. The van der Waals surface area contributed by atoms with Crippen LogP contribution in [0.5, 0.6) is 0 Å². The number of amides is 2. The van der Waals surface area contributed by atoms with E-state index < -0.39 is 12.2 Å². The van der Waals surface area contributed by atoms with E-state index in [1.165, 1.54) is 22.6 Å². The smallest absolute Gasteiger partial charge is 0.407 e. The summed E-state index contributed by atoms with van der Waals surface area (Å²) in [6, 6.07) is 13.8. The van der Waals surface area contributed by atoms with E-state index >= 15 is 0 Å². The third-order valence-electron chi connectivity index (χ3n) is 6.68. The van der Waals surface area contributed by atoms with E-state index in [-0.39, 0.29) is 29.1 Å². The van der Waals surface area contributed by atoms with Gasteiger partial charge >= 0.3 is 6.09 Å². The quantitative estimate of drug-likeness (QED) is 0.749. The number of carbonyl (C=O) groups is 2. The van der Waals surface area contributed by atoms with Crippen LogP contribution in [0.15, 0.2) is 48.5 Å². The lowest BCUT2D eigenvalue weighted by atomic mass is 9.87. The van der Waals surface area contributed by atoms with Gasteiger partial charge in [0.05, 0.1) is 18.7 Å². The molecular formula is C24H25FN2O4S. The molecule has 1 N–H and O–H groups in total. The topological polar surface area (TPSA) is 70.1 Å². The minimum Gasteiger partial charge on any atom is -0.465 e. The third-order valence-corrected chi connectivity index (χ3v) is 7.98. The van der Waals surface area contributed by atoms with Gasteiger partial charge in [0, 0.05) is 30.5 Å². The minimum absolute atomic E-state index is 0.0545. The maximum atomic E-state index is 13.7. The van der Waals surface area contributed by atoms with Gasteiger partial charge in [0.25, 0.3) is 5.91 Å². The number of rotatable bonds is 2. The predicted molar refractivity (Wildman–Crippen MR) is 119 cm³/mol. The Kier molecular flexibility index (Phi) is 5.82. The number of benzene rings is 2. The first kappa shape index (κ1) is 21.3. The molecule has 32 heavy (non-hydrogen) atoms. The molecule has 0 aromatic heterocycles. The van der Waals surface area contributed by atoms with Crippen molar-refractivity contribution in [2.75, 3.05) is 25.4 Å². The fourth-order valence-corrected chi connectivity index (χ4v) is 6.38. The highest BCUT2D eigenvalue weighted by Gasteiger charge is 2.44. The second-order valence-corrected chi connectivity index (χ2v) is 9.79. The summed E-state index contributed by atoms with van der Waals surface area (Å²) in [4.78, 5) is 28.7. The van der Waals surface area contributed by atoms with E-state index in [4.69, 9.17) is 4.74 Å². The molecule has 2 aromatic carbocycles. The molecule has 0 spiro atoms. The number of thioether (sulfide) groups is 1. The van der Waals surface area contributed by atoms with Gasteiger partial charge in [0.2, 0.25) is 0 Å². The summed E-state index contributed by atoms with van der Waals surface area (Å²) >= 11 is 1.72. The van der Waals surface area contributed by atoms with Crippen LogP contribution in [0.3, 0.4) is 0 Å². The van der Waals surface area contributed by atoms with Gasteiger partial charge in [-0.15, -0.1) is 0 Å². The minimum atomic E-state index is -0.940. The van der Waals surface area contributed by atoms with Crippen LogP contribution in [0, 0.1) is 5.82 Å². The van der Waals surface area contributed by atoms with Crippen molar-refractivity contribution >= 4 is 23.8 Å². The molecule has 0 radical (unpaired) electrons. The zero-order valence-corrected chi connectivity index (χ0v) is 18.3. The van der Waals surface area contributed by atoms with Gasteiger partial charge in [-0.25, -0.2) is 9.18 Å². The summed E-state index contributed by atoms with van der Waals surface area (Å²) in [6.45, 7) is 1.36. The maximum Gasteiger partial charge on any atom is 0.407 e. The van der Waals surface area contributed by atoms with Gasteiger partial charge in [-0.1, -0.05) is 36.4 Å². The van der Waals surface area contributed by atoms with Crippen LogP contribution in [0.2, 0.25) is 0 Å². The summed E-state index contributed by atoms with van der Waals surface area (Å²) in [5, 5.41) is 9.68. The Labute approximate surface area is 190 Å². The number of carboxylic acid groups (broad SMARTS) is 1. The number of hydrogen-bond donors (Lipinski definition) is 1. The van der Waals surface area contributed by atoms with Gasteiger partial charge < -0.3 is 19.6 Å². The van der Waals surface area contributed by atoms with Gasteiger partial charge in [-0.2, -0.15) is 11.8 Å². The Hall–Kier alpha value is -2.58. The second kappa shape index (κ2) is 8.75. The molecule has 168 valence electrons. The van der Waals surface area contributed by atoms with Crippen LogP contribution in [0.1, 0.15) is 29.2 Å². The molecule has 2 amide bonds. The average molecular weight is 457 g/mol. The highest BCUT2D eigenvalue weighted by atomic mass is 32.2. The molecule has 5 rings (SSSR count). The van der Waals surface area contributed by atoms with Crippen molar-refractivity contribution in [1.82, 2.24) is 9.80 Å². The van der Waals surface area contributed by atoms with Gasteiger partial charge in [0.15, 0.2) is 0 Å². The van der Waals surface area contributed by atoms with Crippen LogP contribution >= 0.6 is 11.8 Å². The Morgan fingerprint density at radius 2 is 1.84 bits per heavy atom. The Bertz CT molecular complexity index is 1020. The molecule has 8 heteroatoms. The highest BCUT2D eigenvalue weighted by molar-refractivity contribution is 8.00. The molecule has 0 saturated carbocycles. The summed E-state index contributed by atoms with van der Waals surface area (Å²) in [5.41, 5.74) is 3.06. The normalized spacial score (nSPS) is 27.4. The fraction of sp³-hybridized carbons (Fsp3) is 0.417.